The average molecular weight is 459 g/mol. The molecule has 1 amide bonds. The first-order valence-corrected chi connectivity index (χ1v) is 11.6. The molecule has 0 radical (unpaired) electrons. The Bertz CT molecular complexity index is 1170. The van der Waals surface area contributed by atoms with E-state index in [2.05, 4.69) is 10.4 Å². The highest BCUT2D eigenvalue weighted by atomic mass is 32.2. The first-order valence-electron chi connectivity index (χ1n) is 10.1. The maximum absolute atomic E-state index is 13.2. The molecule has 0 unspecified atom stereocenters. The maximum atomic E-state index is 13.2. The average Bonchev–Trinajstić information content (AvgIpc) is 3.14. The number of hydrogen-bond acceptors (Lipinski definition) is 7. The van der Waals surface area contributed by atoms with Crippen LogP contribution in [0.2, 0.25) is 0 Å². The van der Waals surface area contributed by atoms with Gasteiger partial charge in [-0.1, -0.05) is 37.1 Å². The molecule has 1 heterocycles. The molecule has 170 valence electrons. The SMILES string of the molecule is Cn1cc(NC(=O)[C@@H]2CCCC[C@H]2C(=O)c2ccc(/C(N)=C/C=N)cc2)c(S(N)(=O)=O)n1. The molecule has 0 saturated heterocycles. The Morgan fingerprint density at radius 3 is 2.34 bits per heavy atom. The number of hydrogen-bond donors (Lipinski definition) is 4. The number of amides is 1. The Kier molecular flexibility index (Phi) is 6.90. The van der Waals surface area contributed by atoms with Crippen LogP contribution in [-0.4, -0.2) is 36.1 Å². The lowest BCUT2D eigenvalue weighted by Gasteiger charge is -2.29. The number of benzene rings is 1. The van der Waals surface area contributed by atoms with E-state index >= 15 is 0 Å². The van der Waals surface area contributed by atoms with Crippen LogP contribution < -0.4 is 16.2 Å². The number of rotatable bonds is 7. The second-order valence-corrected chi connectivity index (χ2v) is 9.26. The van der Waals surface area contributed by atoms with E-state index in [9.17, 15) is 18.0 Å². The number of aryl methyl sites for hydroxylation is 1. The Labute approximate surface area is 186 Å². The largest absolute Gasteiger partial charge is 0.398 e. The van der Waals surface area contributed by atoms with Crippen molar-refractivity contribution in [1.29, 1.82) is 5.41 Å². The number of carbonyl (C=O) groups excluding carboxylic acids is 2. The summed E-state index contributed by atoms with van der Waals surface area (Å²) < 4.78 is 24.8. The second-order valence-electron chi connectivity index (χ2n) is 7.78. The van der Waals surface area contributed by atoms with Gasteiger partial charge in [-0.3, -0.25) is 14.3 Å². The zero-order valence-corrected chi connectivity index (χ0v) is 18.4. The van der Waals surface area contributed by atoms with Gasteiger partial charge >= 0.3 is 0 Å². The normalized spacial score (nSPS) is 19.4. The molecule has 1 aliphatic rings. The highest BCUT2D eigenvalue weighted by Crippen LogP contribution is 2.34. The predicted molar refractivity (Wildman–Crippen MR) is 120 cm³/mol. The van der Waals surface area contributed by atoms with E-state index in [1.165, 1.54) is 24.0 Å². The fraction of sp³-hybridized carbons (Fsp3) is 0.333. The number of nitrogens with zero attached hydrogens (tertiary/aromatic N) is 2. The second kappa shape index (κ2) is 9.45. The van der Waals surface area contributed by atoms with Gasteiger partial charge < -0.3 is 16.5 Å². The van der Waals surface area contributed by atoms with Crippen LogP contribution in [0.1, 0.15) is 41.6 Å². The number of ketones is 1. The van der Waals surface area contributed by atoms with E-state index in [1.807, 2.05) is 0 Å². The van der Waals surface area contributed by atoms with Crippen molar-refractivity contribution < 1.29 is 18.0 Å². The summed E-state index contributed by atoms with van der Waals surface area (Å²) in [6.45, 7) is 0. The van der Waals surface area contributed by atoms with Crippen molar-refractivity contribution in [3.05, 3.63) is 47.7 Å². The smallest absolute Gasteiger partial charge is 0.259 e. The van der Waals surface area contributed by atoms with Crippen LogP contribution in [0.15, 0.2) is 41.6 Å². The van der Waals surface area contributed by atoms with Gasteiger partial charge in [-0.05, 0) is 24.5 Å². The number of primary sulfonamides is 1. The molecule has 6 N–H and O–H groups in total. The summed E-state index contributed by atoms with van der Waals surface area (Å²) in [5, 5.41) is 18.3. The monoisotopic (exact) mass is 458 g/mol. The summed E-state index contributed by atoms with van der Waals surface area (Å²) in [5.74, 6) is -1.72. The van der Waals surface area contributed by atoms with Crippen LogP contribution in [0, 0.1) is 17.2 Å². The molecule has 10 nitrogen and oxygen atoms in total. The van der Waals surface area contributed by atoms with E-state index in [0.717, 1.165) is 19.1 Å². The number of nitrogens with two attached hydrogens (primary N) is 2. The van der Waals surface area contributed by atoms with Gasteiger partial charge in [-0.2, -0.15) is 5.10 Å². The molecule has 1 saturated carbocycles. The van der Waals surface area contributed by atoms with Crippen LogP contribution in [0.4, 0.5) is 5.69 Å². The van der Waals surface area contributed by atoms with Gasteiger partial charge in [0, 0.05) is 42.6 Å². The van der Waals surface area contributed by atoms with E-state index in [-0.39, 0.29) is 11.5 Å². The third kappa shape index (κ3) is 5.11. The summed E-state index contributed by atoms with van der Waals surface area (Å²) in [4.78, 5) is 26.2. The first kappa shape index (κ1) is 23.4. The minimum atomic E-state index is -4.12. The Hall–Kier alpha value is -3.31. The summed E-state index contributed by atoms with van der Waals surface area (Å²) in [5.41, 5.74) is 7.43. The van der Waals surface area contributed by atoms with Crippen molar-refractivity contribution in [2.75, 3.05) is 5.32 Å². The quantitative estimate of drug-likeness (QED) is 0.362. The van der Waals surface area contributed by atoms with Gasteiger partial charge in [0.2, 0.25) is 10.9 Å². The lowest BCUT2D eigenvalue weighted by molar-refractivity contribution is -0.122. The van der Waals surface area contributed by atoms with Crippen LogP contribution in [0.25, 0.3) is 5.70 Å². The van der Waals surface area contributed by atoms with Gasteiger partial charge in [0.15, 0.2) is 5.78 Å². The highest BCUT2D eigenvalue weighted by Gasteiger charge is 2.37. The van der Waals surface area contributed by atoms with Gasteiger partial charge in [0.25, 0.3) is 10.0 Å². The molecule has 11 heteroatoms. The van der Waals surface area contributed by atoms with Gasteiger partial charge in [-0.15, -0.1) is 0 Å². The summed E-state index contributed by atoms with van der Waals surface area (Å²) in [6.07, 6.45) is 6.59. The number of nitrogens with one attached hydrogen (secondary N) is 2. The molecule has 1 fully saturated rings. The summed E-state index contributed by atoms with van der Waals surface area (Å²) >= 11 is 0. The van der Waals surface area contributed by atoms with E-state index in [1.54, 1.807) is 24.3 Å². The number of aromatic nitrogens is 2. The van der Waals surface area contributed by atoms with Gasteiger partial charge in [-0.25, -0.2) is 13.6 Å². The molecule has 2 atom stereocenters. The lowest BCUT2D eigenvalue weighted by Crippen LogP contribution is -2.36. The van der Waals surface area contributed by atoms with Gasteiger partial charge in [0.05, 0.1) is 0 Å². The van der Waals surface area contributed by atoms with Crippen molar-refractivity contribution in [1.82, 2.24) is 9.78 Å². The summed E-state index contributed by atoms with van der Waals surface area (Å²) in [6, 6.07) is 6.72. The zero-order valence-electron chi connectivity index (χ0n) is 17.6. The molecule has 32 heavy (non-hydrogen) atoms. The molecule has 3 rings (SSSR count). The van der Waals surface area contributed by atoms with Gasteiger partial charge in [0.1, 0.15) is 5.69 Å². The minimum Gasteiger partial charge on any atom is -0.398 e. The molecule has 0 aliphatic heterocycles. The first-order chi connectivity index (χ1) is 15.1. The van der Waals surface area contributed by atoms with E-state index < -0.39 is 32.8 Å². The Balaban J connectivity index is 1.81. The molecular weight excluding hydrogens is 432 g/mol. The fourth-order valence-electron chi connectivity index (χ4n) is 3.97. The minimum absolute atomic E-state index is 0.00501. The zero-order chi connectivity index (χ0) is 23.5. The molecule has 1 aliphatic carbocycles. The third-order valence-corrected chi connectivity index (χ3v) is 6.37. The van der Waals surface area contributed by atoms with Crippen LogP contribution >= 0.6 is 0 Å². The molecule has 1 aromatic carbocycles. The predicted octanol–water partition coefficient (Wildman–Crippen LogP) is 1.64. The lowest BCUT2D eigenvalue weighted by atomic mass is 9.75. The molecular formula is C21H26N6O4S. The maximum Gasteiger partial charge on any atom is 0.259 e. The number of sulfonamides is 1. The topological polar surface area (TPSA) is 174 Å². The number of Topliss-reactive ketones (excluding diaryl/α,β-unsaturated/α-hetero) is 1. The fourth-order valence-corrected chi connectivity index (χ4v) is 4.63. The molecule has 0 spiro atoms. The molecule has 2 aromatic rings. The van der Waals surface area contributed by atoms with Crippen molar-refractivity contribution in [2.45, 2.75) is 30.7 Å². The third-order valence-electron chi connectivity index (χ3n) is 5.53. The Morgan fingerprint density at radius 1 is 1.16 bits per heavy atom. The summed E-state index contributed by atoms with van der Waals surface area (Å²) in [7, 11) is -2.60. The van der Waals surface area contributed by atoms with Crippen LogP contribution in [0.5, 0.6) is 0 Å². The number of anilines is 1. The van der Waals surface area contributed by atoms with Crippen molar-refractivity contribution in [3.63, 3.8) is 0 Å². The molecule has 1 aromatic heterocycles. The highest BCUT2D eigenvalue weighted by molar-refractivity contribution is 7.89. The Morgan fingerprint density at radius 2 is 1.75 bits per heavy atom. The number of allylic oxidation sites excluding steroid dienone is 1. The van der Waals surface area contributed by atoms with Crippen LogP contribution in [-0.2, 0) is 21.9 Å². The number of carbonyl (C=O) groups is 2. The molecule has 0 bridgehead atoms. The van der Waals surface area contributed by atoms with E-state index in [4.69, 9.17) is 16.3 Å². The van der Waals surface area contributed by atoms with Crippen molar-refractivity contribution in [2.24, 2.45) is 29.8 Å². The van der Waals surface area contributed by atoms with Crippen LogP contribution in [0.3, 0.4) is 0 Å². The van der Waals surface area contributed by atoms with E-state index in [0.29, 0.717) is 29.7 Å². The standard InChI is InChI=1S/C21H26N6O4S/c1-27-12-18(21(26-27)32(24,30)31)25-20(29)16-5-3-2-4-15(16)19(28)14-8-6-13(7-9-14)17(23)10-11-22/h6-12,15-16,22H,2-5,23H2,1H3,(H,25,29)(H2,24,30,31)/b17-10-,22-11?/t15-,16-/m1/s1. The van der Waals surface area contributed by atoms with Crippen molar-refractivity contribution in [3.8, 4) is 0 Å². The van der Waals surface area contributed by atoms with Crippen molar-refractivity contribution >= 4 is 39.3 Å².